The zero-order valence-electron chi connectivity index (χ0n) is 13.5. The monoisotopic (exact) mass is 312 g/mol. The number of hydrogen-bond donors (Lipinski definition) is 1. The summed E-state index contributed by atoms with van der Waals surface area (Å²) in [7, 11) is 3.18. The number of allylic oxidation sites excluding steroid dienone is 4. The Kier molecular flexibility index (Phi) is 5.25. The minimum atomic E-state index is 0.581. The van der Waals surface area contributed by atoms with E-state index in [1.165, 1.54) is 0 Å². The summed E-state index contributed by atoms with van der Waals surface area (Å²) in [5, 5.41) is 0.811. The van der Waals surface area contributed by atoms with Crippen LogP contribution < -0.4 is 19.9 Å². The zero-order chi connectivity index (χ0) is 16.8. The molecule has 0 fully saturated rings. The zero-order valence-corrected chi connectivity index (χ0v) is 13.5. The van der Waals surface area contributed by atoms with Crippen LogP contribution in [-0.2, 0) is 0 Å². The van der Waals surface area contributed by atoms with E-state index in [-0.39, 0.29) is 0 Å². The van der Waals surface area contributed by atoms with E-state index in [1.54, 1.807) is 51.6 Å². The number of aromatic nitrogens is 1. The first-order valence-electron chi connectivity index (χ1n) is 7.04. The first-order valence-corrected chi connectivity index (χ1v) is 7.04. The fraction of sp³-hybridized carbons (Fsp3) is 0.167. The summed E-state index contributed by atoms with van der Waals surface area (Å²) < 4.78 is 16.5. The van der Waals surface area contributed by atoms with Gasteiger partial charge in [-0.25, -0.2) is 0 Å². The van der Waals surface area contributed by atoms with Crippen LogP contribution in [0.3, 0.4) is 0 Å². The van der Waals surface area contributed by atoms with Crippen LogP contribution in [-0.4, -0.2) is 19.2 Å². The Balaban J connectivity index is 2.50. The molecule has 5 nitrogen and oxygen atoms in total. The molecule has 0 saturated heterocycles. The molecule has 0 bridgehead atoms. The highest BCUT2D eigenvalue weighted by Crippen LogP contribution is 2.35. The van der Waals surface area contributed by atoms with E-state index in [4.69, 9.17) is 19.9 Å². The van der Waals surface area contributed by atoms with E-state index in [9.17, 15) is 0 Å². The molecule has 1 heterocycles. The molecule has 0 atom stereocenters. The SMILES string of the molecule is C=C/C(=C\C=C(/C)N)Oc1ccnc2cc(OC)c(OC)cc12. The van der Waals surface area contributed by atoms with Gasteiger partial charge in [-0.1, -0.05) is 6.58 Å². The van der Waals surface area contributed by atoms with Gasteiger partial charge in [-0.15, -0.1) is 0 Å². The molecule has 0 aliphatic rings. The summed E-state index contributed by atoms with van der Waals surface area (Å²) in [6.07, 6.45) is 6.81. The van der Waals surface area contributed by atoms with Crippen LogP contribution in [0.5, 0.6) is 17.2 Å². The predicted octanol–water partition coefficient (Wildman–Crippen LogP) is 3.56. The molecular formula is C18H20N2O3. The first-order chi connectivity index (χ1) is 11.1. The average Bonchev–Trinajstić information content (AvgIpc) is 2.57. The van der Waals surface area contributed by atoms with Crippen LogP contribution in [0.2, 0.25) is 0 Å². The smallest absolute Gasteiger partial charge is 0.162 e. The second-order valence-corrected chi connectivity index (χ2v) is 4.82. The van der Waals surface area contributed by atoms with Gasteiger partial charge in [0.1, 0.15) is 11.5 Å². The topological polar surface area (TPSA) is 66.6 Å². The highest BCUT2D eigenvalue weighted by atomic mass is 16.5. The molecule has 0 saturated carbocycles. The molecule has 0 amide bonds. The fourth-order valence-electron chi connectivity index (χ4n) is 2.02. The Hall–Kier alpha value is -2.95. The van der Waals surface area contributed by atoms with Crippen molar-refractivity contribution < 1.29 is 14.2 Å². The number of hydrogen-bond acceptors (Lipinski definition) is 5. The number of nitrogens with zero attached hydrogens (tertiary/aromatic N) is 1. The van der Waals surface area contributed by atoms with Gasteiger partial charge in [0, 0.05) is 23.3 Å². The Morgan fingerprint density at radius 3 is 2.43 bits per heavy atom. The minimum Gasteiger partial charge on any atom is -0.493 e. The third kappa shape index (κ3) is 3.83. The van der Waals surface area contributed by atoms with Gasteiger partial charge in [0.05, 0.1) is 19.7 Å². The maximum absolute atomic E-state index is 5.91. The average molecular weight is 312 g/mol. The van der Waals surface area contributed by atoms with Crippen molar-refractivity contribution in [3.8, 4) is 17.2 Å². The number of ether oxygens (including phenoxy) is 3. The molecule has 1 aromatic heterocycles. The summed E-state index contributed by atoms with van der Waals surface area (Å²) >= 11 is 0. The lowest BCUT2D eigenvalue weighted by Crippen LogP contribution is -1.96. The van der Waals surface area contributed by atoms with Crippen LogP contribution in [0, 0.1) is 0 Å². The molecule has 2 rings (SSSR count). The van der Waals surface area contributed by atoms with Crippen LogP contribution in [0.4, 0.5) is 0 Å². The number of rotatable bonds is 6. The van der Waals surface area contributed by atoms with Crippen molar-refractivity contribution in [1.29, 1.82) is 0 Å². The van der Waals surface area contributed by atoms with Gasteiger partial charge in [0.15, 0.2) is 11.5 Å². The molecule has 23 heavy (non-hydrogen) atoms. The molecule has 0 unspecified atom stereocenters. The standard InChI is InChI=1S/C18H20N2O3/c1-5-13(7-6-12(2)19)23-16-8-9-20-15-11-18(22-4)17(21-3)10-14(15)16/h5-11H,1,19H2,2-4H3/b12-6+,13-7+. The molecule has 120 valence electrons. The lowest BCUT2D eigenvalue weighted by Gasteiger charge is -2.12. The van der Waals surface area contributed by atoms with E-state index in [2.05, 4.69) is 11.6 Å². The Morgan fingerprint density at radius 1 is 1.13 bits per heavy atom. The van der Waals surface area contributed by atoms with Crippen molar-refractivity contribution in [3.05, 3.63) is 60.7 Å². The fourth-order valence-corrected chi connectivity index (χ4v) is 2.02. The van der Waals surface area contributed by atoms with E-state index in [1.807, 2.05) is 12.1 Å². The third-order valence-electron chi connectivity index (χ3n) is 3.15. The Bertz CT molecular complexity index is 775. The van der Waals surface area contributed by atoms with E-state index < -0.39 is 0 Å². The van der Waals surface area contributed by atoms with Gasteiger partial charge < -0.3 is 19.9 Å². The molecule has 2 aromatic rings. The number of pyridine rings is 1. The summed E-state index contributed by atoms with van der Waals surface area (Å²) in [5.74, 6) is 2.45. The van der Waals surface area contributed by atoms with Gasteiger partial charge in [-0.3, -0.25) is 4.98 Å². The maximum atomic E-state index is 5.91. The van der Waals surface area contributed by atoms with Gasteiger partial charge in [-0.2, -0.15) is 0 Å². The highest BCUT2D eigenvalue weighted by Gasteiger charge is 2.11. The van der Waals surface area contributed by atoms with Crippen LogP contribution in [0.15, 0.2) is 60.7 Å². The minimum absolute atomic E-state index is 0.581. The van der Waals surface area contributed by atoms with E-state index in [0.717, 1.165) is 10.9 Å². The molecule has 2 N–H and O–H groups in total. The maximum Gasteiger partial charge on any atom is 0.162 e. The molecule has 0 spiro atoms. The molecule has 0 radical (unpaired) electrons. The van der Waals surface area contributed by atoms with E-state index in [0.29, 0.717) is 28.7 Å². The highest BCUT2D eigenvalue weighted by molar-refractivity contribution is 5.88. The van der Waals surface area contributed by atoms with Gasteiger partial charge in [0.2, 0.25) is 0 Å². The van der Waals surface area contributed by atoms with Crippen molar-refractivity contribution in [3.63, 3.8) is 0 Å². The Morgan fingerprint density at radius 2 is 1.83 bits per heavy atom. The summed E-state index contributed by atoms with van der Waals surface area (Å²) in [6, 6.07) is 5.42. The molecule has 0 aliphatic heterocycles. The van der Waals surface area contributed by atoms with Crippen molar-refractivity contribution in [2.24, 2.45) is 5.73 Å². The second-order valence-electron chi connectivity index (χ2n) is 4.82. The van der Waals surface area contributed by atoms with Crippen molar-refractivity contribution in [1.82, 2.24) is 4.98 Å². The molecule has 5 heteroatoms. The van der Waals surface area contributed by atoms with Crippen molar-refractivity contribution in [2.75, 3.05) is 14.2 Å². The van der Waals surface area contributed by atoms with Crippen molar-refractivity contribution in [2.45, 2.75) is 6.92 Å². The largest absolute Gasteiger partial charge is 0.493 e. The first kappa shape index (κ1) is 16.4. The second kappa shape index (κ2) is 7.35. The predicted molar refractivity (Wildman–Crippen MR) is 91.7 cm³/mol. The quantitative estimate of drug-likeness (QED) is 0.652. The van der Waals surface area contributed by atoms with Gasteiger partial charge in [-0.05, 0) is 37.3 Å². The van der Waals surface area contributed by atoms with Crippen LogP contribution >= 0.6 is 0 Å². The number of fused-ring (bicyclic) bond motifs is 1. The number of nitrogens with two attached hydrogens (primary N) is 1. The summed E-state index contributed by atoms with van der Waals surface area (Å²) in [5.41, 5.74) is 7.06. The Labute approximate surface area is 135 Å². The van der Waals surface area contributed by atoms with Crippen LogP contribution in [0.1, 0.15) is 6.92 Å². The lowest BCUT2D eigenvalue weighted by molar-refractivity contribution is 0.355. The number of methoxy groups -OCH3 is 2. The molecule has 1 aromatic carbocycles. The summed E-state index contributed by atoms with van der Waals surface area (Å²) in [4.78, 5) is 4.34. The number of benzene rings is 1. The summed E-state index contributed by atoms with van der Waals surface area (Å²) in [6.45, 7) is 5.55. The normalized spacial score (nSPS) is 12.1. The van der Waals surface area contributed by atoms with Gasteiger partial charge in [0.25, 0.3) is 0 Å². The lowest BCUT2D eigenvalue weighted by atomic mass is 10.2. The van der Waals surface area contributed by atoms with Gasteiger partial charge >= 0.3 is 0 Å². The van der Waals surface area contributed by atoms with Crippen LogP contribution in [0.25, 0.3) is 10.9 Å². The third-order valence-corrected chi connectivity index (χ3v) is 3.15. The molecule has 0 aliphatic carbocycles. The van der Waals surface area contributed by atoms with Crippen molar-refractivity contribution >= 4 is 10.9 Å². The van der Waals surface area contributed by atoms with E-state index >= 15 is 0 Å². The molecular weight excluding hydrogens is 292 g/mol.